The summed E-state index contributed by atoms with van der Waals surface area (Å²) < 4.78 is 3.93. The van der Waals surface area contributed by atoms with Crippen LogP contribution in [0.5, 0.6) is 0 Å². The van der Waals surface area contributed by atoms with Crippen molar-refractivity contribution in [2.45, 2.75) is 19.3 Å². The highest BCUT2D eigenvalue weighted by atomic mass is 32.1. The summed E-state index contributed by atoms with van der Waals surface area (Å²) in [5.41, 5.74) is 8.08. The minimum absolute atomic E-state index is 0.00553. The SMILES string of the molecule is CC1(C)c2ccccc2-c2c1sc1c2ccc2c3ccccc3n(-c3cc4ccccc4c4ccccc34)c21. The number of benzene rings is 6. The van der Waals surface area contributed by atoms with Crippen molar-refractivity contribution in [2.24, 2.45) is 0 Å². The zero-order valence-corrected chi connectivity index (χ0v) is 22.6. The maximum Gasteiger partial charge on any atom is 0.0719 e. The first-order valence-corrected chi connectivity index (χ1v) is 14.4. The average Bonchev–Trinajstić information content (AvgIpc) is 3.60. The fraction of sp³-hybridized carbons (Fsp3) is 0.0811. The van der Waals surface area contributed by atoms with Crippen LogP contribution in [0.1, 0.15) is 24.3 Å². The first-order chi connectivity index (χ1) is 19.1. The van der Waals surface area contributed by atoms with Crippen molar-refractivity contribution in [1.29, 1.82) is 0 Å². The van der Waals surface area contributed by atoms with Crippen LogP contribution in [0.4, 0.5) is 0 Å². The molecular formula is C37H25NS. The summed E-state index contributed by atoms with van der Waals surface area (Å²) in [5, 5.41) is 9.15. The molecule has 0 unspecified atom stereocenters. The first-order valence-electron chi connectivity index (χ1n) is 13.6. The molecule has 1 nitrogen and oxygen atoms in total. The number of hydrogen-bond acceptors (Lipinski definition) is 1. The zero-order chi connectivity index (χ0) is 25.9. The summed E-state index contributed by atoms with van der Waals surface area (Å²) in [7, 11) is 0. The molecule has 0 saturated heterocycles. The van der Waals surface area contributed by atoms with Gasteiger partial charge in [-0.1, -0.05) is 117 Å². The Balaban J connectivity index is 1.51. The number of fused-ring (bicyclic) bond motifs is 12. The molecule has 0 amide bonds. The van der Waals surface area contributed by atoms with E-state index in [-0.39, 0.29) is 5.41 Å². The van der Waals surface area contributed by atoms with Crippen LogP contribution >= 0.6 is 11.3 Å². The van der Waals surface area contributed by atoms with Crippen LogP contribution in [-0.2, 0) is 5.41 Å². The summed E-state index contributed by atoms with van der Waals surface area (Å²) in [5.74, 6) is 0. The lowest BCUT2D eigenvalue weighted by Crippen LogP contribution is -2.13. The predicted molar refractivity (Wildman–Crippen MR) is 169 cm³/mol. The monoisotopic (exact) mass is 515 g/mol. The molecule has 0 spiro atoms. The molecule has 2 aromatic heterocycles. The van der Waals surface area contributed by atoms with Crippen LogP contribution in [-0.4, -0.2) is 4.57 Å². The summed E-state index contributed by atoms with van der Waals surface area (Å²) >= 11 is 1.99. The van der Waals surface area contributed by atoms with Crippen LogP contribution in [0.15, 0.2) is 115 Å². The van der Waals surface area contributed by atoms with Gasteiger partial charge in [0.25, 0.3) is 0 Å². The molecule has 184 valence electrons. The van der Waals surface area contributed by atoms with E-state index < -0.39 is 0 Å². The van der Waals surface area contributed by atoms with E-state index in [1.54, 1.807) is 0 Å². The van der Waals surface area contributed by atoms with E-state index in [0.29, 0.717) is 0 Å². The molecule has 9 rings (SSSR count). The van der Waals surface area contributed by atoms with Gasteiger partial charge in [0.05, 0.1) is 21.4 Å². The second-order valence-corrected chi connectivity index (χ2v) is 12.4. The Morgan fingerprint density at radius 2 is 1.26 bits per heavy atom. The highest BCUT2D eigenvalue weighted by Crippen LogP contribution is 2.56. The van der Waals surface area contributed by atoms with Gasteiger partial charge in [-0.15, -0.1) is 11.3 Å². The lowest BCUT2D eigenvalue weighted by molar-refractivity contribution is 0.674. The fourth-order valence-electron chi connectivity index (χ4n) is 7.15. The minimum atomic E-state index is -0.00553. The van der Waals surface area contributed by atoms with Gasteiger partial charge in [0.2, 0.25) is 0 Å². The maximum atomic E-state index is 2.55. The number of rotatable bonds is 1. The van der Waals surface area contributed by atoms with E-state index in [9.17, 15) is 0 Å². The second-order valence-electron chi connectivity index (χ2n) is 11.3. The number of para-hydroxylation sites is 1. The lowest BCUT2D eigenvalue weighted by atomic mass is 9.87. The van der Waals surface area contributed by atoms with Crippen LogP contribution in [0, 0.1) is 0 Å². The Morgan fingerprint density at radius 1 is 0.590 bits per heavy atom. The molecule has 0 radical (unpaired) electrons. The molecule has 1 aliphatic carbocycles. The Labute approximate surface area is 230 Å². The quantitative estimate of drug-likeness (QED) is 0.192. The summed E-state index contributed by atoms with van der Waals surface area (Å²) in [6.07, 6.45) is 0. The van der Waals surface area contributed by atoms with E-state index in [1.807, 2.05) is 11.3 Å². The molecule has 0 atom stereocenters. The highest BCUT2D eigenvalue weighted by Gasteiger charge is 2.39. The molecule has 0 aliphatic heterocycles. The first kappa shape index (κ1) is 21.5. The number of thiophene rings is 1. The van der Waals surface area contributed by atoms with Gasteiger partial charge in [-0.05, 0) is 39.4 Å². The van der Waals surface area contributed by atoms with Gasteiger partial charge in [0.1, 0.15) is 0 Å². The normalized spacial score (nSPS) is 14.1. The standard InChI is InChI=1S/C37H25NS/c1-37(2)30-17-9-7-16-28(30)33-29-20-19-27-26-15-8-10-18-31(26)38(34(27)35(29)39-36(33)37)32-21-22-11-3-4-12-23(22)24-13-5-6-14-25(24)32/h3-21H,1-2H3. The van der Waals surface area contributed by atoms with Crippen molar-refractivity contribution in [3.63, 3.8) is 0 Å². The van der Waals surface area contributed by atoms with Crippen molar-refractivity contribution in [1.82, 2.24) is 4.57 Å². The molecule has 39 heavy (non-hydrogen) atoms. The molecule has 1 aliphatic rings. The zero-order valence-electron chi connectivity index (χ0n) is 21.8. The van der Waals surface area contributed by atoms with E-state index in [2.05, 4.69) is 134 Å². The van der Waals surface area contributed by atoms with Gasteiger partial charge < -0.3 is 4.57 Å². The lowest BCUT2D eigenvalue weighted by Gasteiger charge is -2.19. The van der Waals surface area contributed by atoms with Crippen molar-refractivity contribution in [2.75, 3.05) is 0 Å². The van der Waals surface area contributed by atoms with Gasteiger partial charge in [0.15, 0.2) is 0 Å². The van der Waals surface area contributed by atoms with Crippen molar-refractivity contribution in [3.8, 4) is 16.8 Å². The molecule has 0 fully saturated rings. The number of hydrogen-bond donors (Lipinski definition) is 0. The topological polar surface area (TPSA) is 4.93 Å². The summed E-state index contributed by atoms with van der Waals surface area (Å²) in [6.45, 7) is 4.77. The molecule has 0 bridgehead atoms. The van der Waals surface area contributed by atoms with Crippen molar-refractivity contribution < 1.29 is 0 Å². The summed E-state index contributed by atoms with van der Waals surface area (Å²) in [4.78, 5) is 1.48. The smallest absolute Gasteiger partial charge is 0.0719 e. The van der Waals surface area contributed by atoms with Crippen LogP contribution in [0.25, 0.3) is 70.3 Å². The predicted octanol–water partition coefficient (Wildman–Crippen LogP) is 10.6. The molecule has 2 heteroatoms. The molecular weight excluding hydrogens is 490 g/mol. The van der Waals surface area contributed by atoms with Crippen molar-refractivity contribution >= 4 is 64.8 Å². The molecule has 0 saturated carbocycles. The van der Waals surface area contributed by atoms with E-state index in [4.69, 9.17) is 0 Å². The Morgan fingerprint density at radius 3 is 2.13 bits per heavy atom. The third kappa shape index (κ3) is 2.65. The third-order valence-electron chi connectivity index (χ3n) is 8.92. The Kier molecular flexibility index (Phi) is 4.07. The van der Waals surface area contributed by atoms with Gasteiger partial charge in [-0.2, -0.15) is 0 Å². The second kappa shape index (κ2) is 7.37. The van der Waals surface area contributed by atoms with Gasteiger partial charge >= 0.3 is 0 Å². The number of nitrogens with zero attached hydrogens (tertiary/aromatic N) is 1. The molecule has 2 heterocycles. The van der Waals surface area contributed by atoms with E-state index in [0.717, 1.165) is 0 Å². The van der Waals surface area contributed by atoms with E-state index in [1.165, 1.54) is 80.7 Å². The van der Waals surface area contributed by atoms with Crippen molar-refractivity contribution in [3.05, 3.63) is 126 Å². The highest BCUT2D eigenvalue weighted by molar-refractivity contribution is 7.21. The van der Waals surface area contributed by atoms with Gasteiger partial charge in [0, 0.05) is 37.4 Å². The van der Waals surface area contributed by atoms with Gasteiger partial charge in [-0.3, -0.25) is 0 Å². The summed E-state index contributed by atoms with van der Waals surface area (Å²) in [6, 6.07) is 42.7. The fourth-order valence-corrected chi connectivity index (χ4v) is 8.62. The third-order valence-corrected chi connectivity index (χ3v) is 10.5. The minimum Gasteiger partial charge on any atom is -0.307 e. The Bertz CT molecular complexity index is 2310. The molecule has 8 aromatic rings. The molecule has 0 N–H and O–H groups in total. The Hall–Kier alpha value is -4.40. The van der Waals surface area contributed by atoms with Crippen LogP contribution in [0.3, 0.4) is 0 Å². The number of aromatic nitrogens is 1. The maximum absolute atomic E-state index is 2.55. The largest absolute Gasteiger partial charge is 0.307 e. The average molecular weight is 516 g/mol. The van der Waals surface area contributed by atoms with Crippen LogP contribution in [0.2, 0.25) is 0 Å². The van der Waals surface area contributed by atoms with Crippen LogP contribution < -0.4 is 0 Å². The van der Waals surface area contributed by atoms with Gasteiger partial charge in [-0.25, -0.2) is 0 Å². The van der Waals surface area contributed by atoms with E-state index >= 15 is 0 Å². The molecule has 6 aromatic carbocycles.